The van der Waals surface area contributed by atoms with Crippen LogP contribution in [0.4, 0.5) is 0 Å². The second kappa shape index (κ2) is 8.82. The molecule has 0 aromatic carbocycles. The molecule has 8 heteroatoms. The van der Waals surface area contributed by atoms with Crippen molar-refractivity contribution in [2.24, 2.45) is 0 Å². The van der Waals surface area contributed by atoms with E-state index in [0.717, 1.165) is 4.88 Å². The van der Waals surface area contributed by atoms with Gasteiger partial charge in [0.15, 0.2) is 0 Å². The van der Waals surface area contributed by atoms with E-state index < -0.39 is 10.0 Å². The molecule has 122 valence electrons. The molecular formula is C13H24N2O4S2. The van der Waals surface area contributed by atoms with Crippen molar-refractivity contribution in [3.8, 4) is 0 Å². The lowest BCUT2D eigenvalue weighted by Crippen LogP contribution is -2.42. The summed E-state index contributed by atoms with van der Waals surface area (Å²) in [6.45, 7) is 3.49. The molecule has 1 rings (SSSR count). The Kier molecular flexibility index (Phi) is 7.78. The lowest BCUT2D eigenvalue weighted by atomic mass is 10.3. The van der Waals surface area contributed by atoms with Crippen molar-refractivity contribution < 1.29 is 17.9 Å². The van der Waals surface area contributed by atoms with Crippen molar-refractivity contribution in [1.82, 2.24) is 9.62 Å². The van der Waals surface area contributed by atoms with Crippen LogP contribution in [0.25, 0.3) is 0 Å². The van der Waals surface area contributed by atoms with E-state index in [9.17, 15) is 8.42 Å². The van der Waals surface area contributed by atoms with Gasteiger partial charge in [-0.3, -0.25) is 0 Å². The molecule has 0 aliphatic heterocycles. The minimum Gasteiger partial charge on any atom is -0.383 e. The Labute approximate surface area is 131 Å². The van der Waals surface area contributed by atoms with E-state index in [4.69, 9.17) is 9.47 Å². The highest BCUT2D eigenvalue weighted by Gasteiger charge is 2.30. The lowest BCUT2D eigenvalue weighted by molar-refractivity contribution is 0.119. The zero-order valence-corrected chi connectivity index (χ0v) is 14.6. The topological polar surface area (TPSA) is 67.9 Å². The summed E-state index contributed by atoms with van der Waals surface area (Å²) in [6.07, 6.45) is 0. The van der Waals surface area contributed by atoms with Crippen molar-refractivity contribution >= 4 is 21.4 Å². The molecule has 1 N–H and O–H groups in total. The smallest absolute Gasteiger partial charge is 0.252 e. The van der Waals surface area contributed by atoms with Crippen molar-refractivity contribution in [2.45, 2.75) is 23.7 Å². The number of methoxy groups -OCH3 is 2. The summed E-state index contributed by atoms with van der Waals surface area (Å²) >= 11 is 1.29. The Bertz CT molecular complexity index is 516. The average molecular weight is 336 g/mol. The molecule has 0 amide bonds. The number of sulfonamides is 1. The largest absolute Gasteiger partial charge is 0.383 e. The standard InChI is InChI=1S/C13H24N2O4S2/c1-11(10-19-4)15(7-8-18-3)21(16,17)13-6-5-12(20-13)9-14-2/h5-6,11,14H,7-10H2,1-4H3. The van der Waals surface area contributed by atoms with Crippen LogP contribution in [0, 0.1) is 0 Å². The van der Waals surface area contributed by atoms with Crippen LogP contribution in [0.2, 0.25) is 0 Å². The molecule has 1 heterocycles. The van der Waals surface area contributed by atoms with Gasteiger partial charge in [-0.25, -0.2) is 8.42 Å². The Morgan fingerprint density at radius 3 is 2.62 bits per heavy atom. The van der Waals surface area contributed by atoms with E-state index in [0.29, 0.717) is 30.5 Å². The van der Waals surface area contributed by atoms with Gasteiger partial charge in [0, 0.05) is 38.2 Å². The first kappa shape index (κ1) is 18.5. The molecule has 0 aliphatic carbocycles. The number of hydrogen-bond donors (Lipinski definition) is 1. The quantitative estimate of drug-likeness (QED) is 0.694. The third-order valence-electron chi connectivity index (χ3n) is 2.97. The van der Waals surface area contributed by atoms with Gasteiger partial charge in [0.05, 0.1) is 13.2 Å². The maximum Gasteiger partial charge on any atom is 0.252 e. The molecular weight excluding hydrogens is 312 g/mol. The summed E-state index contributed by atoms with van der Waals surface area (Å²) in [5.41, 5.74) is 0. The number of nitrogens with zero attached hydrogens (tertiary/aromatic N) is 1. The lowest BCUT2D eigenvalue weighted by Gasteiger charge is -2.27. The predicted molar refractivity (Wildman–Crippen MR) is 84.2 cm³/mol. The van der Waals surface area contributed by atoms with Gasteiger partial charge in [-0.2, -0.15) is 4.31 Å². The molecule has 1 unspecified atom stereocenters. The molecule has 6 nitrogen and oxygen atoms in total. The summed E-state index contributed by atoms with van der Waals surface area (Å²) in [7, 11) is 1.43. The molecule has 0 bridgehead atoms. The van der Waals surface area contributed by atoms with Gasteiger partial charge in [-0.1, -0.05) is 0 Å². The minimum absolute atomic E-state index is 0.245. The summed E-state index contributed by atoms with van der Waals surface area (Å²) in [5, 5.41) is 3.02. The number of thiophene rings is 1. The molecule has 1 aromatic heterocycles. The molecule has 0 fully saturated rings. The van der Waals surface area contributed by atoms with Crippen LogP contribution in [0.5, 0.6) is 0 Å². The molecule has 0 saturated carbocycles. The van der Waals surface area contributed by atoms with Crippen LogP contribution < -0.4 is 5.32 Å². The molecule has 0 saturated heterocycles. The van der Waals surface area contributed by atoms with E-state index in [2.05, 4.69) is 5.32 Å². The first-order valence-electron chi connectivity index (χ1n) is 6.70. The van der Waals surface area contributed by atoms with Gasteiger partial charge in [0.1, 0.15) is 4.21 Å². The summed E-state index contributed by atoms with van der Waals surface area (Å²) in [4.78, 5) is 0.988. The second-order valence-corrected chi connectivity index (χ2v) is 7.95. The van der Waals surface area contributed by atoms with Crippen LogP contribution in [0.3, 0.4) is 0 Å². The number of hydrogen-bond acceptors (Lipinski definition) is 6. The van der Waals surface area contributed by atoms with Gasteiger partial charge in [-0.15, -0.1) is 11.3 Å². The van der Waals surface area contributed by atoms with E-state index >= 15 is 0 Å². The van der Waals surface area contributed by atoms with Gasteiger partial charge in [-0.05, 0) is 26.1 Å². The SMILES string of the molecule is CNCc1ccc(S(=O)(=O)N(CCOC)C(C)COC)s1. The predicted octanol–water partition coefficient (Wildman–Crippen LogP) is 1.14. The maximum atomic E-state index is 12.8. The Morgan fingerprint density at radius 2 is 2.05 bits per heavy atom. The number of rotatable bonds is 10. The Morgan fingerprint density at radius 1 is 1.33 bits per heavy atom. The fraction of sp³-hybridized carbons (Fsp3) is 0.692. The maximum absolute atomic E-state index is 12.8. The summed E-state index contributed by atoms with van der Waals surface area (Å²) in [5.74, 6) is 0. The molecule has 21 heavy (non-hydrogen) atoms. The normalized spacial score (nSPS) is 13.8. The summed E-state index contributed by atoms with van der Waals surface area (Å²) in [6, 6.07) is 3.25. The molecule has 1 aromatic rings. The van der Waals surface area contributed by atoms with Gasteiger partial charge < -0.3 is 14.8 Å². The second-order valence-electron chi connectivity index (χ2n) is 4.66. The third kappa shape index (κ3) is 5.01. The highest BCUT2D eigenvalue weighted by Crippen LogP contribution is 2.26. The monoisotopic (exact) mass is 336 g/mol. The average Bonchev–Trinajstić information content (AvgIpc) is 2.89. The van der Waals surface area contributed by atoms with Crippen LogP contribution in [-0.2, 0) is 26.0 Å². The molecule has 0 spiro atoms. The zero-order chi connectivity index (χ0) is 15.9. The summed E-state index contributed by atoms with van der Waals surface area (Å²) < 4.78 is 37.5. The number of ether oxygens (including phenoxy) is 2. The van der Waals surface area contributed by atoms with Crippen LogP contribution in [0.1, 0.15) is 11.8 Å². The van der Waals surface area contributed by atoms with Gasteiger partial charge >= 0.3 is 0 Å². The first-order valence-corrected chi connectivity index (χ1v) is 8.96. The minimum atomic E-state index is -3.53. The van der Waals surface area contributed by atoms with Crippen molar-refractivity contribution in [3.05, 3.63) is 17.0 Å². The van der Waals surface area contributed by atoms with Crippen LogP contribution >= 0.6 is 11.3 Å². The van der Waals surface area contributed by atoms with Gasteiger partial charge in [0.2, 0.25) is 0 Å². The zero-order valence-electron chi connectivity index (χ0n) is 13.0. The fourth-order valence-electron chi connectivity index (χ4n) is 1.96. The van der Waals surface area contributed by atoms with Crippen LogP contribution in [0.15, 0.2) is 16.3 Å². The van der Waals surface area contributed by atoms with E-state index in [-0.39, 0.29) is 6.04 Å². The highest BCUT2D eigenvalue weighted by atomic mass is 32.2. The van der Waals surface area contributed by atoms with E-state index in [1.807, 2.05) is 20.0 Å². The Hall–Kier alpha value is -0.510. The van der Waals surface area contributed by atoms with Gasteiger partial charge in [0.25, 0.3) is 10.0 Å². The van der Waals surface area contributed by atoms with E-state index in [1.54, 1.807) is 20.3 Å². The third-order valence-corrected chi connectivity index (χ3v) is 6.53. The molecule has 1 atom stereocenters. The van der Waals surface area contributed by atoms with Crippen molar-refractivity contribution in [3.63, 3.8) is 0 Å². The molecule has 0 aliphatic rings. The fourth-order valence-corrected chi connectivity index (χ4v) is 5.06. The van der Waals surface area contributed by atoms with Crippen molar-refractivity contribution in [2.75, 3.05) is 41.0 Å². The van der Waals surface area contributed by atoms with E-state index in [1.165, 1.54) is 15.6 Å². The molecule has 0 radical (unpaired) electrons. The highest BCUT2D eigenvalue weighted by molar-refractivity contribution is 7.91. The Balaban J connectivity index is 3.00. The van der Waals surface area contributed by atoms with Crippen LogP contribution in [-0.4, -0.2) is 59.8 Å². The van der Waals surface area contributed by atoms with Crippen molar-refractivity contribution in [1.29, 1.82) is 0 Å². The number of nitrogens with one attached hydrogen (secondary N) is 1. The first-order chi connectivity index (χ1) is 9.97.